The number of likely N-dealkylation sites (tertiary alicyclic amines) is 1. The maximum Gasteiger partial charge on any atom is 0.303 e. The number of carboxylic acid groups (broad SMARTS) is 1. The lowest BCUT2D eigenvalue weighted by Gasteiger charge is -2.48. The molecule has 4 unspecified atom stereocenters. The van der Waals surface area contributed by atoms with Crippen molar-refractivity contribution in [1.29, 1.82) is 0 Å². The molecule has 2 fully saturated rings. The van der Waals surface area contributed by atoms with E-state index in [0.29, 0.717) is 18.4 Å². The lowest BCUT2D eigenvalue weighted by molar-refractivity contribution is -0.138. The van der Waals surface area contributed by atoms with Gasteiger partial charge in [-0.2, -0.15) is 0 Å². The Labute approximate surface area is 118 Å². The van der Waals surface area contributed by atoms with Crippen LogP contribution in [-0.4, -0.2) is 54.1 Å². The fraction of sp³-hybridized carbons (Fsp3) is 0.929. The normalized spacial score (nSPS) is 35.0. The van der Waals surface area contributed by atoms with Crippen molar-refractivity contribution in [2.24, 2.45) is 11.8 Å². The smallest absolute Gasteiger partial charge is 0.303 e. The van der Waals surface area contributed by atoms with Crippen molar-refractivity contribution in [1.82, 2.24) is 10.2 Å². The van der Waals surface area contributed by atoms with E-state index < -0.39 is 12.4 Å². The molecule has 0 amide bonds. The number of nitrogens with zero attached hydrogens (tertiary/aromatic N) is 1. The van der Waals surface area contributed by atoms with Crippen molar-refractivity contribution >= 4 is 5.97 Å². The van der Waals surface area contributed by atoms with Crippen LogP contribution in [-0.2, 0) is 4.79 Å². The van der Waals surface area contributed by atoms with Gasteiger partial charge < -0.3 is 10.4 Å². The molecule has 0 radical (unpaired) electrons. The molecule has 2 rings (SSSR count). The Balaban J connectivity index is 1.92. The predicted octanol–water partition coefficient (Wildman–Crippen LogP) is 1.80. The van der Waals surface area contributed by atoms with Crippen molar-refractivity contribution in [3.8, 4) is 0 Å². The fourth-order valence-electron chi connectivity index (χ4n) is 3.50. The number of alkyl halides is 2. The Morgan fingerprint density at radius 3 is 2.65 bits per heavy atom. The minimum atomic E-state index is -2.36. The molecule has 1 aliphatic heterocycles. The molecule has 0 bridgehead atoms. The summed E-state index contributed by atoms with van der Waals surface area (Å²) in [5.74, 6) is -0.107. The van der Waals surface area contributed by atoms with E-state index >= 15 is 0 Å². The summed E-state index contributed by atoms with van der Waals surface area (Å²) < 4.78 is 24.6. The van der Waals surface area contributed by atoms with Crippen LogP contribution < -0.4 is 5.32 Å². The maximum atomic E-state index is 12.3. The van der Waals surface area contributed by atoms with E-state index in [1.54, 1.807) is 0 Å². The highest BCUT2D eigenvalue weighted by Gasteiger charge is 2.37. The maximum absolute atomic E-state index is 12.3. The van der Waals surface area contributed by atoms with Crippen LogP contribution >= 0.6 is 0 Å². The second-order valence-electron chi connectivity index (χ2n) is 6.27. The number of hydrogen-bond acceptors (Lipinski definition) is 3. The third-order valence-corrected chi connectivity index (χ3v) is 4.63. The van der Waals surface area contributed by atoms with E-state index in [9.17, 15) is 13.6 Å². The molecule has 0 spiro atoms. The zero-order valence-corrected chi connectivity index (χ0v) is 11.9. The van der Waals surface area contributed by atoms with Gasteiger partial charge in [-0.15, -0.1) is 0 Å². The van der Waals surface area contributed by atoms with Crippen LogP contribution in [0.4, 0.5) is 8.78 Å². The molecule has 0 aromatic heterocycles. The number of nitrogens with one attached hydrogen (secondary N) is 1. The second kappa shape index (κ2) is 6.80. The highest BCUT2D eigenvalue weighted by atomic mass is 19.3. The Bertz CT molecular complexity index is 341. The van der Waals surface area contributed by atoms with Crippen molar-refractivity contribution in [2.75, 3.05) is 19.6 Å². The predicted molar refractivity (Wildman–Crippen MR) is 71.9 cm³/mol. The molecular formula is C14H24F2N2O2. The van der Waals surface area contributed by atoms with E-state index in [2.05, 4.69) is 17.1 Å². The highest BCUT2D eigenvalue weighted by Crippen LogP contribution is 2.34. The van der Waals surface area contributed by atoms with Gasteiger partial charge in [-0.05, 0) is 31.1 Å². The number of piperidine rings is 1. The van der Waals surface area contributed by atoms with Gasteiger partial charge in [-0.3, -0.25) is 9.69 Å². The number of hydrogen-bond donors (Lipinski definition) is 2. The Hall–Kier alpha value is -0.750. The number of rotatable bonds is 6. The van der Waals surface area contributed by atoms with Gasteiger partial charge in [-0.1, -0.05) is 6.92 Å². The Kier molecular flexibility index (Phi) is 5.32. The van der Waals surface area contributed by atoms with Crippen molar-refractivity contribution in [3.63, 3.8) is 0 Å². The third-order valence-electron chi connectivity index (χ3n) is 4.63. The summed E-state index contributed by atoms with van der Waals surface area (Å²) in [5.41, 5.74) is 0. The quantitative estimate of drug-likeness (QED) is 0.783. The molecule has 20 heavy (non-hydrogen) atoms. The largest absolute Gasteiger partial charge is 0.481 e. The van der Waals surface area contributed by atoms with Crippen LogP contribution in [0, 0.1) is 11.8 Å². The van der Waals surface area contributed by atoms with E-state index in [-0.39, 0.29) is 24.9 Å². The molecular weight excluding hydrogens is 266 g/mol. The summed E-state index contributed by atoms with van der Waals surface area (Å²) in [6.07, 6.45) is 0.801. The summed E-state index contributed by atoms with van der Waals surface area (Å²) in [6, 6.07) is 0.484. The van der Waals surface area contributed by atoms with Gasteiger partial charge in [0.15, 0.2) is 0 Å². The van der Waals surface area contributed by atoms with E-state index in [1.807, 2.05) is 0 Å². The van der Waals surface area contributed by atoms with Gasteiger partial charge in [0.25, 0.3) is 6.43 Å². The summed E-state index contributed by atoms with van der Waals surface area (Å²) in [7, 11) is 0. The van der Waals surface area contributed by atoms with Crippen LogP contribution in [0.3, 0.4) is 0 Å². The van der Waals surface area contributed by atoms with E-state index in [4.69, 9.17) is 5.11 Å². The van der Waals surface area contributed by atoms with E-state index in [1.165, 1.54) is 6.42 Å². The first-order chi connectivity index (χ1) is 9.45. The molecule has 2 N–H and O–H groups in total. The molecule has 4 nitrogen and oxygen atoms in total. The summed E-state index contributed by atoms with van der Waals surface area (Å²) in [6.45, 7) is 3.45. The molecule has 116 valence electrons. The SMILES string of the molecule is CC1CCC1N1CC(CC(=O)O)CC(NCC(F)F)C1. The zero-order valence-electron chi connectivity index (χ0n) is 11.9. The van der Waals surface area contributed by atoms with Gasteiger partial charge >= 0.3 is 5.97 Å². The van der Waals surface area contributed by atoms with Crippen LogP contribution in [0.1, 0.15) is 32.6 Å². The standard InChI is InChI=1S/C14H24F2N2O2/c1-9-2-3-12(9)18-7-10(5-14(19)20)4-11(8-18)17-6-13(15)16/h9-13,17H,2-8H2,1H3,(H,19,20). The van der Waals surface area contributed by atoms with Gasteiger partial charge in [-0.25, -0.2) is 8.78 Å². The molecule has 0 aromatic carbocycles. The van der Waals surface area contributed by atoms with Gasteiger partial charge in [0.05, 0.1) is 6.54 Å². The first-order valence-electron chi connectivity index (χ1n) is 7.43. The van der Waals surface area contributed by atoms with Gasteiger partial charge in [0.1, 0.15) is 0 Å². The lowest BCUT2D eigenvalue weighted by Crippen LogP contribution is -2.57. The summed E-state index contributed by atoms with van der Waals surface area (Å²) >= 11 is 0. The monoisotopic (exact) mass is 290 g/mol. The van der Waals surface area contributed by atoms with Crippen LogP contribution in [0.5, 0.6) is 0 Å². The minimum absolute atomic E-state index is 0.0186. The molecule has 6 heteroatoms. The summed E-state index contributed by atoms with van der Waals surface area (Å²) in [5, 5.41) is 11.8. The average Bonchev–Trinajstić information content (AvgIpc) is 2.33. The number of halogens is 2. The van der Waals surface area contributed by atoms with Crippen LogP contribution in [0.25, 0.3) is 0 Å². The zero-order chi connectivity index (χ0) is 14.7. The minimum Gasteiger partial charge on any atom is -0.481 e. The first kappa shape index (κ1) is 15.6. The molecule has 1 saturated heterocycles. The summed E-state index contributed by atoms with van der Waals surface area (Å²) in [4.78, 5) is 13.2. The Morgan fingerprint density at radius 1 is 1.40 bits per heavy atom. The van der Waals surface area contributed by atoms with Crippen LogP contribution in [0.2, 0.25) is 0 Å². The van der Waals surface area contributed by atoms with Crippen molar-refractivity contribution < 1.29 is 18.7 Å². The highest BCUT2D eigenvalue weighted by molar-refractivity contribution is 5.67. The molecule has 2 aliphatic rings. The fourth-order valence-corrected chi connectivity index (χ4v) is 3.50. The average molecular weight is 290 g/mol. The van der Waals surface area contributed by atoms with Crippen molar-refractivity contribution in [2.45, 2.75) is 51.1 Å². The van der Waals surface area contributed by atoms with Gasteiger partial charge in [0.2, 0.25) is 0 Å². The topological polar surface area (TPSA) is 52.6 Å². The first-order valence-corrected chi connectivity index (χ1v) is 7.43. The van der Waals surface area contributed by atoms with Crippen LogP contribution in [0.15, 0.2) is 0 Å². The molecule has 1 saturated carbocycles. The lowest BCUT2D eigenvalue weighted by atomic mass is 9.78. The molecule has 1 heterocycles. The second-order valence-corrected chi connectivity index (χ2v) is 6.27. The van der Waals surface area contributed by atoms with Crippen molar-refractivity contribution in [3.05, 3.63) is 0 Å². The molecule has 1 aliphatic carbocycles. The van der Waals surface area contributed by atoms with E-state index in [0.717, 1.165) is 19.5 Å². The number of carbonyl (C=O) groups is 1. The molecule has 0 aromatic rings. The Morgan fingerprint density at radius 2 is 2.15 bits per heavy atom. The number of carboxylic acids is 1. The number of aliphatic carboxylic acids is 1. The third kappa shape index (κ3) is 4.12. The van der Waals surface area contributed by atoms with Gasteiger partial charge in [0, 0.05) is 31.6 Å². The molecule has 4 atom stereocenters.